The van der Waals surface area contributed by atoms with Crippen LogP contribution in [-0.4, -0.2) is 18.6 Å². The molecule has 0 aliphatic rings. The maximum atomic E-state index is 11.0. The van der Waals surface area contributed by atoms with Gasteiger partial charge in [0, 0.05) is 4.90 Å². The van der Waals surface area contributed by atoms with E-state index in [-0.39, 0.29) is 6.09 Å². The van der Waals surface area contributed by atoms with Gasteiger partial charge >= 0.3 is 6.09 Å². The van der Waals surface area contributed by atoms with Crippen molar-refractivity contribution in [1.29, 1.82) is 0 Å². The minimum absolute atomic E-state index is 0.347. The van der Waals surface area contributed by atoms with E-state index < -0.39 is 0 Å². The monoisotopic (exact) mass is 225 g/mol. The molecule has 3 nitrogen and oxygen atoms in total. The van der Waals surface area contributed by atoms with Gasteiger partial charge in [-0.05, 0) is 18.6 Å². The zero-order valence-electron chi connectivity index (χ0n) is 8.73. The van der Waals surface area contributed by atoms with Gasteiger partial charge < -0.3 is 10.1 Å². The van der Waals surface area contributed by atoms with E-state index in [0.717, 1.165) is 11.3 Å². The van der Waals surface area contributed by atoms with E-state index in [1.165, 1.54) is 0 Å². The second kappa shape index (κ2) is 7.17. The van der Waals surface area contributed by atoms with Crippen LogP contribution in [0.4, 0.5) is 4.79 Å². The van der Waals surface area contributed by atoms with Gasteiger partial charge in [-0.1, -0.05) is 25.1 Å². The van der Waals surface area contributed by atoms with Crippen LogP contribution in [-0.2, 0) is 4.74 Å². The Kier molecular flexibility index (Phi) is 5.70. The highest BCUT2D eigenvalue weighted by Gasteiger charge is 1.99. The van der Waals surface area contributed by atoms with Crippen molar-refractivity contribution in [2.45, 2.75) is 18.2 Å². The van der Waals surface area contributed by atoms with Crippen molar-refractivity contribution in [1.82, 2.24) is 5.32 Å². The average Bonchev–Trinajstić information content (AvgIpc) is 2.28. The summed E-state index contributed by atoms with van der Waals surface area (Å²) in [5.74, 6) is 0.534. The van der Waals surface area contributed by atoms with Crippen LogP contribution in [0, 0.1) is 0 Å². The molecule has 1 amide bonds. The molecule has 15 heavy (non-hydrogen) atoms. The average molecular weight is 225 g/mol. The number of thioether (sulfide) groups is 1. The summed E-state index contributed by atoms with van der Waals surface area (Å²) >= 11 is 1.57. The van der Waals surface area contributed by atoms with Crippen molar-refractivity contribution in [2.75, 3.05) is 12.5 Å². The summed E-state index contributed by atoms with van der Waals surface area (Å²) in [7, 11) is 0. The highest BCUT2D eigenvalue weighted by molar-refractivity contribution is 7.99. The SMILES string of the molecule is CCCOC(=O)NCSc1ccccc1. The van der Waals surface area contributed by atoms with E-state index in [4.69, 9.17) is 4.74 Å². The van der Waals surface area contributed by atoms with Crippen LogP contribution in [0.5, 0.6) is 0 Å². The predicted molar refractivity (Wildman–Crippen MR) is 61.9 cm³/mol. The Bertz CT molecular complexity index is 290. The van der Waals surface area contributed by atoms with E-state index in [1.807, 2.05) is 37.3 Å². The number of alkyl carbamates (subject to hydrolysis) is 1. The van der Waals surface area contributed by atoms with Gasteiger partial charge in [0.2, 0.25) is 0 Å². The molecule has 4 heteroatoms. The molecule has 0 aromatic heterocycles. The van der Waals surface area contributed by atoms with E-state index in [2.05, 4.69) is 5.32 Å². The molecular weight excluding hydrogens is 210 g/mol. The standard InChI is InChI=1S/C11H15NO2S/c1-2-8-14-11(13)12-9-15-10-6-4-3-5-7-10/h3-7H,2,8-9H2,1H3,(H,12,13). The van der Waals surface area contributed by atoms with Gasteiger partial charge in [-0.2, -0.15) is 0 Å². The predicted octanol–water partition coefficient (Wildman–Crippen LogP) is 2.87. The Labute approximate surface area is 94.2 Å². The highest BCUT2D eigenvalue weighted by atomic mass is 32.2. The summed E-state index contributed by atoms with van der Waals surface area (Å²) in [6, 6.07) is 9.91. The molecular formula is C11H15NO2S. The minimum Gasteiger partial charge on any atom is -0.450 e. The molecule has 1 aromatic rings. The molecule has 0 atom stereocenters. The summed E-state index contributed by atoms with van der Waals surface area (Å²) in [5.41, 5.74) is 0. The first-order valence-electron chi connectivity index (χ1n) is 4.91. The van der Waals surface area contributed by atoms with Crippen LogP contribution in [0.3, 0.4) is 0 Å². The number of hydrogen-bond acceptors (Lipinski definition) is 3. The lowest BCUT2D eigenvalue weighted by Crippen LogP contribution is -2.23. The molecule has 0 saturated carbocycles. The normalized spacial score (nSPS) is 9.67. The third-order valence-electron chi connectivity index (χ3n) is 1.64. The van der Waals surface area contributed by atoms with Crippen LogP contribution in [0.25, 0.3) is 0 Å². The van der Waals surface area contributed by atoms with Gasteiger partial charge in [-0.25, -0.2) is 4.79 Å². The first-order valence-corrected chi connectivity index (χ1v) is 5.90. The van der Waals surface area contributed by atoms with Crippen molar-refractivity contribution in [3.63, 3.8) is 0 Å². The number of hydrogen-bond donors (Lipinski definition) is 1. The number of nitrogens with one attached hydrogen (secondary N) is 1. The fraction of sp³-hybridized carbons (Fsp3) is 0.364. The molecule has 1 N–H and O–H groups in total. The van der Waals surface area contributed by atoms with Gasteiger partial charge in [-0.15, -0.1) is 11.8 Å². The largest absolute Gasteiger partial charge is 0.450 e. The van der Waals surface area contributed by atoms with E-state index >= 15 is 0 Å². The highest BCUT2D eigenvalue weighted by Crippen LogP contribution is 2.14. The Balaban J connectivity index is 2.14. The quantitative estimate of drug-likeness (QED) is 0.618. The van der Waals surface area contributed by atoms with Crippen LogP contribution < -0.4 is 5.32 Å². The Hall–Kier alpha value is -1.16. The van der Waals surface area contributed by atoms with Gasteiger partial charge in [0.15, 0.2) is 0 Å². The van der Waals surface area contributed by atoms with Gasteiger partial charge in [0.1, 0.15) is 0 Å². The number of amides is 1. The van der Waals surface area contributed by atoms with Crippen LogP contribution >= 0.6 is 11.8 Å². The van der Waals surface area contributed by atoms with Crippen LogP contribution in [0.1, 0.15) is 13.3 Å². The van der Waals surface area contributed by atoms with Crippen LogP contribution in [0.15, 0.2) is 35.2 Å². The Morgan fingerprint density at radius 2 is 2.13 bits per heavy atom. The fourth-order valence-corrected chi connectivity index (χ4v) is 1.65. The summed E-state index contributed by atoms with van der Waals surface area (Å²) in [6.45, 7) is 2.44. The molecule has 1 aromatic carbocycles. The molecule has 0 bridgehead atoms. The summed E-state index contributed by atoms with van der Waals surface area (Å²) < 4.78 is 4.87. The van der Waals surface area contributed by atoms with Crippen LogP contribution in [0.2, 0.25) is 0 Å². The molecule has 0 radical (unpaired) electrons. The number of carbonyl (C=O) groups is 1. The van der Waals surface area contributed by atoms with Crippen molar-refractivity contribution in [3.05, 3.63) is 30.3 Å². The molecule has 0 saturated heterocycles. The number of ether oxygens (including phenoxy) is 1. The molecule has 0 spiro atoms. The van der Waals surface area contributed by atoms with Crippen molar-refractivity contribution >= 4 is 17.9 Å². The van der Waals surface area contributed by atoms with Gasteiger partial charge in [-0.3, -0.25) is 0 Å². The summed E-state index contributed by atoms with van der Waals surface area (Å²) in [4.78, 5) is 12.2. The smallest absolute Gasteiger partial charge is 0.407 e. The molecule has 0 fully saturated rings. The van der Waals surface area contributed by atoms with E-state index in [1.54, 1.807) is 11.8 Å². The molecule has 1 rings (SSSR count). The first-order chi connectivity index (χ1) is 7.33. The van der Waals surface area contributed by atoms with Gasteiger partial charge in [0.25, 0.3) is 0 Å². The third-order valence-corrected chi connectivity index (χ3v) is 2.53. The first kappa shape index (κ1) is 11.9. The van der Waals surface area contributed by atoms with Crippen molar-refractivity contribution in [2.24, 2.45) is 0 Å². The molecule has 82 valence electrons. The lowest BCUT2D eigenvalue weighted by atomic mass is 10.4. The van der Waals surface area contributed by atoms with E-state index in [9.17, 15) is 4.79 Å². The molecule has 0 unspecified atom stereocenters. The molecule has 0 heterocycles. The summed E-state index contributed by atoms with van der Waals surface area (Å²) in [6.07, 6.45) is 0.500. The minimum atomic E-state index is -0.347. The second-order valence-corrected chi connectivity index (χ2v) is 3.96. The van der Waals surface area contributed by atoms with Crippen molar-refractivity contribution in [3.8, 4) is 0 Å². The zero-order valence-corrected chi connectivity index (χ0v) is 9.55. The Morgan fingerprint density at radius 1 is 1.40 bits per heavy atom. The lowest BCUT2D eigenvalue weighted by Gasteiger charge is -2.05. The Morgan fingerprint density at radius 3 is 2.80 bits per heavy atom. The number of carbonyl (C=O) groups excluding carboxylic acids is 1. The van der Waals surface area contributed by atoms with Gasteiger partial charge in [0.05, 0.1) is 12.5 Å². The number of rotatable bonds is 5. The zero-order chi connectivity index (χ0) is 10.9. The summed E-state index contributed by atoms with van der Waals surface area (Å²) in [5, 5.41) is 2.67. The molecule has 0 aliphatic heterocycles. The molecule has 0 aliphatic carbocycles. The van der Waals surface area contributed by atoms with Crippen molar-refractivity contribution < 1.29 is 9.53 Å². The third kappa shape index (κ3) is 5.32. The second-order valence-electron chi connectivity index (χ2n) is 2.91. The maximum Gasteiger partial charge on any atom is 0.407 e. The number of benzene rings is 1. The topological polar surface area (TPSA) is 38.3 Å². The fourth-order valence-electron chi connectivity index (χ4n) is 0.941. The lowest BCUT2D eigenvalue weighted by molar-refractivity contribution is 0.148. The van der Waals surface area contributed by atoms with E-state index in [0.29, 0.717) is 12.5 Å². The maximum absolute atomic E-state index is 11.0.